The third-order valence-corrected chi connectivity index (χ3v) is 4.92. The second kappa shape index (κ2) is 8.13. The van der Waals surface area contributed by atoms with Gasteiger partial charge in [0.1, 0.15) is 0 Å². The molecular formula is C21H26N2O3. The van der Waals surface area contributed by atoms with Crippen molar-refractivity contribution >= 4 is 17.3 Å². The minimum atomic E-state index is -0.163. The molecule has 2 aromatic carbocycles. The first-order valence-corrected chi connectivity index (χ1v) is 8.99. The molecule has 2 aromatic rings. The average molecular weight is 354 g/mol. The van der Waals surface area contributed by atoms with Crippen LogP contribution < -0.4 is 19.7 Å². The molecule has 0 aliphatic carbocycles. The standard InChI is InChI=1S/C21H26N2O3/c1-15-10-12-23(13-11-15)18-7-5-4-6-17(18)22-21(24)16-8-9-19(25-2)20(14-16)26-3/h4-9,14-15H,10-13H2,1-3H3,(H,22,24). The highest BCUT2D eigenvalue weighted by molar-refractivity contribution is 6.06. The molecule has 1 amide bonds. The molecular weight excluding hydrogens is 328 g/mol. The van der Waals surface area contributed by atoms with Gasteiger partial charge in [0, 0.05) is 18.7 Å². The molecule has 0 unspecified atom stereocenters. The van der Waals surface area contributed by atoms with Crippen molar-refractivity contribution in [3.8, 4) is 11.5 Å². The van der Waals surface area contributed by atoms with E-state index < -0.39 is 0 Å². The van der Waals surface area contributed by atoms with Gasteiger partial charge in [-0.15, -0.1) is 0 Å². The van der Waals surface area contributed by atoms with Crippen molar-refractivity contribution in [2.75, 3.05) is 37.5 Å². The number of methoxy groups -OCH3 is 2. The van der Waals surface area contributed by atoms with Crippen LogP contribution in [0.2, 0.25) is 0 Å². The second-order valence-electron chi connectivity index (χ2n) is 6.71. The molecule has 3 rings (SSSR count). The zero-order valence-corrected chi connectivity index (χ0v) is 15.6. The van der Waals surface area contributed by atoms with E-state index in [1.165, 1.54) is 12.8 Å². The number of anilines is 2. The Labute approximate surface area is 154 Å². The topological polar surface area (TPSA) is 50.8 Å². The lowest BCUT2D eigenvalue weighted by Gasteiger charge is -2.33. The van der Waals surface area contributed by atoms with Crippen LogP contribution in [0.15, 0.2) is 42.5 Å². The number of rotatable bonds is 5. The minimum Gasteiger partial charge on any atom is -0.493 e. The average Bonchev–Trinajstić information content (AvgIpc) is 2.68. The Balaban J connectivity index is 1.80. The van der Waals surface area contributed by atoms with Crippen molar-refractivity contribution in [3.05, 3.63) is 48.0 Å². The number of nitrogens with one attached hydrogen (secondary N) is 1. The first kappa shape index (κ1) is 18.1. The summed E-state index contributed by atoms with van der Waals surface area (Å²) < 4.78 is 10.5. The lowest BCUT2D eigenvalue weighted by molar-refractivity contribution is 0.102. The lowest BCUT2D eigenvalue weighted by atomic mass is 9.98. The molecule has 0 saturated carbocycles. The summed E-state index contributed by atoms with van der Waals surface area (Å²) in [7, 11) is 3.14. The first-order chi connectivity index (χ1) is 12.6. The maximum Gasteiger partial charge on any atom is 0.255 e. The predicted octanol–water partition coefficient (Wildman–Crippen LogP) is 4.19. The van der Waals surface area contributed by atoms with Crippen LogP contribution in [-0.4, -0.2) is 33.2 Å². The highest BCUT2D eigenvalue weighted by Gasteiger charge is 2.19. The fourth-order valence-corrected chi connectivity index (χ4v) is 3.28. The highest BCUT2D eigenvalue weighted by atomic mass is 16.5. The Bertz CT molecular complexity index is 768. The van der Waals surface area contributed by atoms with E-state index in [2.05, 4.69) is 23.2 Å². The summed E-state index contributed by atoms with van der Waals surface area (Å²) >= 11 is 0. The Morgan fingerprint density at radius 3 is 2.42 bits per heavy atom. The molecule has 1 N–H and O–H groups in total. The van der Waals surface area contributed by atoms with Gasteiger partial charge < -0.3 is 19.7 Å². The van der Waals surface area contributed by atoms with Crippen LogP contribution in [0.5, 0.6) is 11.5 Å². The molecule has 0 spiro atoms. The fourth-order valence-electron chi connectivity index (χ4n) is 3.28. The van der Waals surface area contributed by atoms with Gasteiger partial charge in [0.15, 0.2) is 11.5 Å². The van der Waals surface area contributed by atoms with Crippen molar-refractivity contribution in [1.29, 1.82) is 0 Å². The van der Waals surface area contributed by atoms with Crippen LogP contribution in [0.25, 0.3) is 0 Å². The summed E-state index contributed by atoms with van der Waals surface area (Å²) in [6.45, 7) is 4.33. The van der Waals surface area contributed by atoms with Crippen molar-refractivity contribution in [3.63, 3.8) is 0 Å². The summed E-state index contributed by atoms with van der Waals surface area (Å²) in [6, 6.07) is 13.2. The fraction of sp³-hybridized carbons (Fsp3) is 0.381. The smallest absolute Gasteiger partial charge is 0.255 e. The molecule has 0 bridgehead atoms. The van der Waals surface area contributed by atoms with E-state index in [9.17, 15) is 4.79 Å². The van der Waals surface area contributed by atoms with Crippen LogP contribution in [0.3, 0.4) is 0 Å². The van der Waals surface area contributed by atoms with Gasteiger partial charge in [-0.05, 0) is 49.1 Å². The van der Waals surface area contributed by atoms with E-state index in [0.29, 0.717) is 17.1 Å². The number of hydrogen-bond donors (Lipinski definition) is 1. The molecule has 1 heterocycles. The molecule has 5 nitrogen and oxygen atoms in total. The van der Waals surface area contributed by atoms with Crippen LogP contribution in [0, 0.1) is 5.92 Å². The Morgan fingerprint density at radius 2 is 1.73 bits per heavy atom. The first-order valence-electron chi connectivity index (χ1n) is 8.99. The van der Waals surface area contributed by atoms with Crippen LogP contribution in [0.1, 0.15) is 30.1 Å². The third-order valence-electron chi connectivity index (χ3n) is 4.92. The maximum absolute atomic E-state index is 12.7. The summed E-state index contributed by atoms with van der Waals surface area (Å²) in [5, 5.41) is 3.05. The Morgan fingerprint density at radius 1 is 1.04 bits per heavy atom. The van der Waals surface area contributed by atoms with Gasteiger partial charge in [-0.1, -0.05) is 19.1 Å². The van der Waals surface area contributed by atoms with Crippen LogP contribution in [0.4, 0.5) is 11.4 Å². The van der Waals surface area contributed by atoms with E-state index in [-0.39, 0.29) is 5.91 Å². The minimum absolute atomic E-state index is 0.163. The molecule has 138 valence electrons. The molecule has 1 aliphatic rings. The molecule has 0 aromatic heterocycles. The van der Waals surface area contributed by atoms with Gasteiger partial charge in [0.2, 0.25) is 0 Å². The van der Waals surface area contributed by atoms with Gasteiger partial charge in [-0.2, -0.15) is 0 Å². The number of carbonyl (C=O) groups is 1. The largest absolute Gasteiger partial charge is 0.493 e. The van der Waals surface area contributed by atoms with E-state index in [0.717, 1.165) is 30.4 Å². The number of piperidine rings is 1. The predicted molar refractivity (Wildman–Crippen MR) is 105 cm³/mol. The van der Waals surface area contributed by atoms with Crippen molar-refractivity contribution in [1.82, 2.24) is 0 Å². The molecule has 1 fully saturated rings. The summed E-state index contributed by atoms with van der Waals surface area (Å²) in [5.74, 6) is 1.74. The number of benzene rings is 2. The molecule has 0 radical (unpaired) electrons. The normalized spacial score (nSPS) is 14.8. The number of amides is 1. The SMILES string of the molecule is COc1ccc(C(=O)Nc2ccccc2N2CCC(C)CC2)cc1OC. The number of para-hydroxylation sites is 2. The van der Waals surface area contributed by atoms with Gasteiger partial charge in [-0.25, -0.2) is 0 Å². The molecule has 26 heavy (non-hydrogen) atoms. The van der Waals surface area contributed by atoms with Gasteiger partial charge in [0.25, 0.3) is 5.91 Å². The quantitative estimate of drug-likeness (QED) is 0.875. The molecule has 1 saturated heterocycles. The van der Waals surface area contributed by atoms with Gasteiger partial charge in [0.05, 0.1) is 25.6 Å². The monoisotopic (exact) mass is 354 g/mol. The second-order valence-corrected chi connectivity index (χ2v) is 6.71. The number of hydrogen-bond acceptors (Lipinski definition) is 4. The summed E-state index contributed by atoms with van der Waals surface area (Å²) in [6.07, 6.45) is 2.36. The zero-order valence-electron chi connectivity index (χ0n) is 15.6. The third kappa shape index (κ3) is 3.93. The van der Waals surface area contributed by atoms with Gasteiger partial charge in [-0.3, -0.25) is 4.79 Å². The molecule has 5 heteroatoms. The van der Waals surface area contributed by atoms with Gasteiger partial charge >= 0.3 is 0 Å². The molecule has 1 aliphatic heterocycles. The lowest BCUT2D eigenvalue weighted by Crippen LogP contribution is -2.33. The summed E-state index contributed by atoms with van der Waals surface area (Å²) in [5.41, 5.74) is 2.44. The maximum atomic E-state index is 12.7. The zero-order chi connectivity index (χ0) is 18.5. The Hall–Kier alpha value is -2.69. The highest BCUT2D eigenvalue weighted by Crippen LogP contribution is 2.31. The van der Waals surface area contributed by atoms with Crippen molar-refractivity contribution in [2.24, 2.45) is 5.92 Å². The number of carbonyl (C=O) groups excluding carboxylic acids is 1. The number of ether oxygens (including phenoxy) is 2. The van der Waals surface area contributed by atoms with Crippen LogP contribution in [-0.2, 0) is 0 Å². The Kier molecular flexibility index (Phi) is 5.66. The van der Waals surface area contributed by atoms with Crippen molar-refractivity contribution < 1.29 is 14.3 Å². The number of nitrogens with zero attached hydrogens (tertiary/aromatic N) is 1. The van der Waals surface area contributed by atoms with E-state index in [4.69, 9.17) is 9.47 Å². The van der Waals surface area contributed by atoms with Crippen molar-refractivity contribution in [2.45, 2.75) is 19.8 Å². The molecule has 0 atom stereocenters. The summed E-state index contributed by atoms with van der Waals surface area (Å²) in [4.78, 5) is 15.1. The van der Waals surface area contributed by atoms with E-state index in [1.54, 1.807) is 32.4 Å². The van der Waals surface area contributed by atoms with E-state index >= 15 is 0 Å². The van der Waals surface area contributed by atoms with E-state index in [1.807, 2.05) is 18.2 Å². The van der Waals surface area contributed by atoms with Crippen LogP contribution >= 0.6 is 0 Å².